The lowest BCUT2D eigenvalue weighted by Crippen LogP contribution is -2.23. The summed E-state index contributed by atoms with van der Waals surface area (Å²) in [5, 5.41) is 3.40. The van der Waals surface area contributed by atoms with Crippen LogP contribution in [0.4, 0.5) is 5.95 Å². The molecule has 1 unspecified atom stereocenters. The van der Waals surface area contributed by atoms with Gasteiger partial charge in [-0.3, -0.25) is 0 Å². The molecule has 1 aromatic carbocycles. The Morgan fingerprint density at radius 3 is 3.00 bits per heavy atom. The van der Waals surface area contributed by atoms with E-state index in [1.54, 1.807) is 0 Å². The van der Waals surface area contributed by atoms with Crippen molar-refractivity contribution in [2.75, 3.05) is 11.9 Å². The maximum atomic E-state index is 4.65. The molecule has 1 aromatic heterocycles. The van der Waals surface area contributed by atoms with Crippen molar-refractivity contribution in [3.05, 3.63) is 46.8 Å². The lowest BCUT2D eigenvalue weighted by atomic mass is 9.96. The minimum absolute atomic E-state index is 0.420. The van der Waals surface area contributed by atoms with Crippen molar-refractivity contribution < 1.29 is 0 Å². The fraction of sp³-hybridized carbons (Fsp3) is 0.438. The summed E-state index contributed by atoms with van der Waals surface area (Å²) in [6, 6.07) is 7.15. The number of imidazole rings is 1. The van der Waals surface area contributed by atoms with Gasteiger partial charge in [0.1, 0.15) is 0 Å². The Bertz CT molecular complexity index is 598. The van der Waals surface area contributed by atoms with Crippen molar-refractivity contribution in [1.82, 2.24) is 9.55 Å². The topological polar surface area (TPSA) is 29.9 Å². The quantitative estimate of drug-likeness (QED) is 0.890. The van der Waals surface area contributed by atoms with Gasteiger partial charge >= 0.3 is 0 Å². The SMILES string of the molecule is CCc1cn2c(n1)NCCC2c1cc(C)ccc1C. The normalized spacial score (nSPS) is 17.9. The van der Waals surface area contributed by atoms with Crippen molar-refractivity contribution >= 4 is 5.95 Å². The van der Waals surface area contributed by atoms with Gasteiger partial charge in [0.25, 0.3) is 0 Å². The third-order valence-electron chi connectivity index (χ3n) is 3.97. The number of aryl methyl sites for hydroxylation is 3. The van der Waals surface area contributed by atoms with Crippen LogP contribution in [0.1, 0.15) is 41.8 Å². The maximum Gasteiger partial charge on any atom is 0.203 e. The fourth-order valence-corrected chi connectivity index (χ4v) is 2.87. The molecule has 1 aliphatic heterocycles. The molecule has 0 aliphatic carbocycles. The molecular weight excluding hydrogens is 234 g/mol. The highest BCUT2D eigenvalue weighted by Crippen LogP contribution is 2.32. The Morgan fingerprint density at radius 1 is 1.37 bits per heavy atom. The van der Waals surface area contributed by atoms with E-state index in [1.165, 1.54) is 22.4 Å². The fourth-order valence-electron chi connectivity index (χ4n) is 2.87. The molecule has 3 heteroatoms. The third-order valence-corrected chi connectivity index (χ3v) is 3.97. The predicted molar refractivity (Wildman–Crippen MR) is 78.8 cm³/mol. The van der Waals surface area contributed by atoms with E-state index in [2.05, 4.69) is 60.0 Å². The molecule has 2 aromatic rings. The van der Waals surface area contributed by atoms with Gasteiger partial charge in [-0.15, -0.1) is 0 Å². The van der Waals surface area contributed by atoms with Crippen LogP contribution in [0.2, 0.25) is 0 Å². The number of hydrogen-bond donors (Lipinski definition) is 1. The Hall–Kier alpha value is -1.77. The molecule has 100 valence electrons. The second-order valence-corrected chi connectivity index (χ2v) is 5.41. The van der Waals surface area contributed by atoms with Crippen LogP contribution in [0.3, 0.4) is 0 Å². The monoisotopic (exact) mass is 255 g/mol. The summed E-state index contributed by atoms with van der Waals surface area (Å²) in [5.41, 5.74) is 5.30. The van der Waals surface area contributed by atoms with E-state index in [1.807, 2.05) is 0 Å². The van der Waals surface area contributed by atoms with E-state index in [9.17, 15) is 0 Å². The highest BCUT2D eigenvalue weighted by molar-refractivity contribution is 5.40. The molecule has 0 spiro atoms. The van der Waals surface area contributed by atoms with Crippen molar-refractivity contribution in [3.8, 4) is 0 Å². The van der Waals surface area contributed by atoms with E-state index < -0.39 is 0 Å². The van der Waals surface area contributed by atoms with E-state index in [-0.39, 0.29) is 0 Å². The van der Waals surface area contributed by atoms with Crippen LogP contribution in [-0.2, 0) is 6.42 Å². The molecule has 0 bridgehead atoms. The molecule has 1 aliphatic rings. The summed E-state index contributed by atoms with van der Waals surface area (Å²) in [5.74, 6) is 1.02. The molecule has 0 saturated heterocycles. The summed E-state index contributed by atoms with van der Waals surface area (Å²) < 4.78 is 2.31. The highest BCUT2D eigenvalue weighted by atomic mass is 15.2. The standard InChI is InChI=1S/C16H21N3/c1-4-13-10-19-15(7-8-17-16(19)18-13)14-9-11(2)5-6-12(14)3/h5-6,9-10,15H,4,7-8H2,1-3H3,(H,17,18). The van der Waals surface area contributed by atoms with Crippen LogP contribution in [0.15, 0.2) is 24.4 Å². The number of nitrogens with one attached hydrogen (secondary N) is 1. The van der Waals surface area contributed by atoms with E-state index in [0.717, 1.165) is 25.3 Å². The zero-order valence-corrected chi connectivity index (χ0v) is 11.9. The average Bonchev–Trinajstić information content (AvgIpc) is 2.84. The molecule has 0 radical (unpaired) electrons. The van der Waals surface area contributed by atoms with Gasteiger partial charge in [-0.25, -0.2) is 4.98 Å². The average molecular weight is 255 g/mol. The van der Waals surface area contributed by atoms with E-state index >= 15 is 0 Å². The Kier molecular flexibility index (Phi) is 3.05. The molecule has 0 saturated carbocycles. The second-order valence-electron chi connectivity index (χ2n) is 5.41. The molecule has 3 rings (SSSR count). The molecule has 0 amide bonds. The molecule has 3 nitrogen and oxygen atoms in total. The van der Waals surface area contributed by atoms with Crippen LogP contribution >= 0.6 is 0 Å². The summed E-state index contributed by atoms with van der Waals surface area (Å²) >= 11 is 0. The lowest BCUT2D eigenvalue weighted by Gasteiger charge is -2.27. The van der Waals surface area contributed by atoms with Gasteiger partial charge in [-0.1, -0.05) is 30.7 Å². The first kappa shape index (κ1) is 12.3. The molecular formula is C16H21N3. The molecule has 19 heavy (non-hydrogen) atoms. The van der Waals surface area contributed by atoms with Crippen LogP contribution < -0.4 is 5.32 Å². The Balaban J connectivity index is 2.07. The largest absolute Gasteiger partial charge is 0.356 e. The first-order valence-corrected chi connectivity index (χ1v) is 7.08. The minimum Gasteiger partial charge on any atom is -0.356 e. The van der Waals surface area contributed by atoms with Gasteiger partial charge in [-0.05, 0) is 37.8 Å². The molecule has 1 N–H and O–H groups in total. The van der Waals surface area contributed by atoms with Gasteiger partial charge < -0.3 is 9.88 Å². The summed E-state index contributed by atoms with van der Waals surface area (Å²) in [7, 11) is 0. The molecule has 1 atom stereocenters. The number of fused-ring (bicyclic) bond motifs is 1. The number of anilines is 1. The minimum atomic E-state index is 0.420. The van der Waals surface area contributed by atoms with Crippen molar-refractivity contribution in [1.29, 1.82) is 0 Å². The van der Waals surface area contributed by atoms with Crippen molar-refractivity contribution in [3.63, 3.8) is 0 Å². The van der Waals surface area contributed by atoms with Crippen LogP contribution in [-0.4, -0.2) is 16.1 Å². The van der Waals surface area contributed by atoms with Gasteiger partial charge in [-0.2, -0.15) is 0 Å². The summed E-state index contributed by atoms with van der Waals surface area (Å²) in [6.07, 6.45) is 4.31. The summed E-state index contributed by atoms with van der Waals surface area (Å²) in [6.45, 7) is 7.52. The summed E-state index contributed by atoms with van der Waals surface area (Å²) in [4.78, 5) is 4.65. The van der Waals surface area contributed by atoms with Crippen molar-refractivity contribution in [2.45, 2.75) is 39.7 Å². The Morgan fingerprint density at radius 2 is 2.21 bits per heavy atom. The highest BCUT2D eigenvalue weighted by Gasteiger charge is 2.23. The van der Waals surface area contributed by atoms with E-state index in [4.69, 9.17) is 0 Å². The van der Waals surface area contributed by atoms with E-state index in [0.29, 0.717) is 6.04 Å². The van der Waals surface area contributed by atoms with Crippen LogP contribution in [0.5, 0.6) is 0 Å². The second kappa shape index (κ2) is 4.72. The zero-order valence-electron chi connectivity index (χ0n) is 11.9. The predicted octanol–water partition coefficient (Wildman–Crippen LogP) is 3.47. The smallest absolute Gasteiger partial charge is 0.203 e. The van der Waals surface area contributed by atoms with Crippen LogP contribution in [0, 0.1) is 13.8 Å². The third kappa shape index (κ3) is 2.14. The number of aromatic nitrogens is 2. The number of hydrogen-bond acceptors (Lipinski definition) is 2. The molecule has 2 heterocycles. The Labute approximate surface area is 114 Å². The van der Waals surface area contributed by atoms with Crippen LogP contribution in [0.25, 0.3) is 0 Å². The number of benzene rings is 1. The van der Waals surface area contributed by atoms with Gasteiger partial charge in [0, 0.05) is 12.7 Å². The number of nitrogens with zero attached hydrogens (tertiary/aromatic N) is 2. The lowest BCUT2D eigenvalue weighted by molar-refractivity contribution is 0.527. The first-order valence-electron chi connectivity index (χ1n) is 7.08. The van der Waals surface area contributed by atoms with Crippen molar-refractivity contribution in [2.24, 2.45) is 0 Å². The number of rotatable bonds is 2. The van der Waals surface area contributed by atoms with Gasteiger partial charge in [0.2, 0.25) is 5.95 Å². The van der Waals surface area contributed by atoms with Gasteiger partial charge in [0.05, 0.1) is 11.7 Å². The maximum absolute atomic E-state index is 4.65. The first-order chi connectivity index (χ1) is 9.19. The zero-order chi connectivity index (χ0) is 13.4. The molecule has 0 fully saturated rings. The van der Waals surface area contributed by atoms with Gasteiger partial charge in [0.15, 0.2) is 0 Å².